The summed E-state index contributed by atoms with van der Waals surface area (Å²) in [4.78, 5) is 0. The third kappa shape index (κ3) is 2.02. The summed E-state index contributed by atoms with van der Waals surface area (Å²) >= 11 is 0. The van der Waals surface area contributed by atoms with Crippen molar-refractivity contribution in [3.8, 4) is 11.1 Å². The molecule has 1 aliphatic rings. The van der Waals surface area contributed by atoms with Crippen molar-refractivity contribution in [2.24, 2.45) is 0 Å². The molecule has 2 aromatic rings. The minimum atomic E-state index is 1.11. The maximum atomic E-state index is 2.36. The van der Waals surface area contributed by atoms with Crippen molar-refractivity contribution in [2.75, 3.05) is 0 Å². The number of rotatable bonds is 1. The van der Waals surface area contributed by atoms with Gasteiger partial charge >= 0.3 is 0 Å². The fraction of sp³-hybridized carbons (Fsp3) is 0.263. The molecule has 0 heteroatoms. The lowest BCUT2D eigenvalue weighted by Crippen LogP contribution is -1.93. The van der Waals surface area contributed by atoms with Crippen LogP contribution >= 0.6 is 0 Å². The van der Waals surface area contributed by atoms with Crippen molar-refractivity contribution in [1.29, 1.82) is 0 Å². The summed E-state index contributed by atoms with van der Waals surface area (Å²) in [5.41, 5.74) is 11.3. The maximum Gasteiger partial charge on any atom is -0.00577 e. The molecule has 0 saturated carbocycles. The van der Waals surface area contributed by atoms with Crippen LogP contribution in [0.1, 0.15) is 34.7 Å². The normalized spacial score (nSPS) is 13.4. The molecule has 1 aliphatic carbocycles. The van der Waals surface area contributed by atoms with Gasteiger partial charge in [-0.15, -0.1) is 0 Å². The van der Waals surface area contributed by atoms with Crippen LogP contribution in [0, 0.1) is 20.8 Å². The highest BCUT2D eigenvalue weighted by molar-refractivity contribution is 5.83. The van der Waals surface area contributed by atoms with Gasteiger partial charge in [0.25, 0.3) is 0 Å². The Morgan fingerprint density at radius 3 is 2.32 bits per heavy atom. The van der Waals surface area contributed by atoms with E-state index in [9.17, 15) is 0 Å². The molecule has 0 N–H and O–H groups in total. The van der Waals surface area contributed by atoms with Crippen LogP contribution in [0.3, 0.4) is 0 Å². The van der Waals surface area contributed by atoms with E-state index in [1.807, 2.05) is 0 Å². The molecule has 0 nitrogen and oxygen atoms in total. The van der Waals surface area contributed by atoms with Gasteiger partial charge in [-0.25, -0.2) is 0 Å². The van der Waals surface area contributed by atoms with Gasteiger partial charge in [-0.3, -0.25) is 0 Å². The van der Waals surface area contributed by atoms with E-state index < -0.39 is 0 Å². The summed E-state index contributed by atoms with van der Waals surface area (Å²) in [6.07, 6.45) is 3.47. The molecule has 19 heavy (non-hydrogen) atoms. The van der Waals surface area contributed by atoms with E-state index in [1.54, 1.807) is 0 Å². The topological polar surface area (TPSA) is 0 Å². The van der Waals surface area contributed by atoms with Crippen molar-refractivity contribution in [1.82, 2.24) is 0 Å². The second-order valence-corrected chi connectivity index (χ2v) is 5.81. The van der Waals surface area contributed by atoms with Crippen LogP contribution in [0.5, 0.6) is 0 Å². The van der Waals surface area contributed by atoms with Crippen molar-refractivity contribution >= 4 is 6.08 Å². The lowest BCUT2D eigenvalue weighted by atomic mass is 9.91. The van der Waals surface area contributed by atoms with Crippen LogP contribution in [0.25, 0.3) is 17.2 Å². The van der Waals surface area contributed by atoms with E-state index in [2.05, 4.69) is 64.1 Å². The highest BCUT2D eigenvalue weighted by Crippen LogP contribution is 2.37. The Kier molecular flexibility index (Phi) is 2.82. The number of hydrogen-bond donors (Lipinski definition) is 0. The maximum absolute atomic E-state index is 2.36. The summed E-state index contributed by atoms with van der Waals surface area (Å²) in [6.45, 7) is 8.81. The number of fused-ring (bicyclic) bond motifs is 1. The van der Waals surface area contributed by atoms with Gasteiger partial charge in [0.05, 0.1) is 0 Å². The predicted octanol–water partition coefficient (Wildman–Crippen LogP) is 5.24. The largest absolute Gasteiger partial charge is 0.0683 e. The highest BCUT2D eigenvalue weighted by Gasteiger charge is 2.17. The molecule has 2 aromatic carbocycles. The summed E-state index contributed by atoms with van der Waals surface area (Å²) in [5, 5.41) is 0. The van der Waals surface area contributed by atoms with Crippen molar-refractivity contribution < 1.29 is 0 Å². The minimum Gasteiger partial charge on any atom is -0.0683 e. The predicted molar refractivity (Wildman–Crippen MR) is 83.4 cm³/mol. The monoisotopic (exact) mass is 248 g/mol. The Balaban J connectivity index is 2.27. The molecule has 0 unspecified atom stereocenters. The fourth-order valence-corrected chi connectivity index (χ4v) is 3.01. The first-order chi connectivity index (χ1) is 9.06. The molecular weight excluding hydrogens is 228 g/mol. The Bertz CT molecular complexity index is 687. The van der Waals surface area contributed by atoms with Gasteiger partial charge < -0.3 is 0 Å². The lowest BCUT2D eigenvalue weighted by Gasteiger charge is -2.13. The summed E-state index contributed by atoms with van der Waals surface area (Å²) < 4.78 is 0. The van der Waals surface area contributed by atoms with E-state index in [1.165, 1.54) is 44.5 Å². The van der Waals surface area contributed by atoms with E-state index in [0.717, 1.165) is 6.42 Å². The van der Waals surface area contributed by atoms with E-state index >= 15 is 0 Å². The van der Waals surface area contributed by atoms with Crippen LogP contribution in [0.15, 0.2) is 35.9 Å². The van der Waals surface area contributed by atoms with Crippen LogP contribution in [-0.2, 0) is 6.42 Å². The molecule has 0 amide bonds. The Morgan fingerprint density at radius 1 is 0.789 bits per heavy atom. The molecule has 0 fully saturated rings. The van der Waals surface area contributed by atoms with Gasteiger partial charge in [0.1, 0.15) is 0 Å². The molecule has 3 rings (SSSR count). The number of aryl methyl sites for hydroxylation is 3. The number of hydrogen-bond acceptors (Lipinski definition) is 0. The molecular formula is C19H20. The van der Waals surface area contributed by atoms with Gasteiger partial charge in [-0.2, -0.15) is 0 Å². The molecule has 0 bridgehead atoms. The molecule has 0 saturated heterocycles. The molecule has 0 heterocycles. The van der Waals surface area contributed by atoms with E-state index in [0.29, 0.717) is 0 Å². The Labute approximate surface area is 115 Å². The zero-order valence-electron chi connectivity index (χ0n) is 12.2. The first-order valence-electron chi connectivity index (χ1n) is 6.93. The van der Waals surface area contributed by atoms with Crippen LogP contribution in [-0.4, -0.2) is 0 Å². The first-order valence-corrected chi connectivity index (χ1v) is 6.93. The van der Waals surface area contributed by atoms with Crippen LogP contribution < -0.4 is 0 Å². The lowest BCUT2D eigenvalue weighted by molar-refractivity contribution is 1.16. The van der Waals surface area contributed by atoms with Gasteiger partial charge in [0, 0.05) is 0 Å². The second-order valence-electron chi connectivity index (χ2n) is 5.81. The van der Waals surface area contributed by atoms with Crippen LogP contribution in [0.4, 0.5) is 0 Å². The Morgan fingerprint density at radius 2 is 1.53 bits per heavy atom. The molecule has 96 valence electrons. The van der Waals surface area contributed by atoms with Gasteiger partial charge in [0.15, 0.2) is 0 Å². The van der Waals surface area contributed by atoms with Crippen LogP contribution in [0.2, 0.25) is 0 Å². The fourth-order valence-electron chi connectivity index (χ4n) is 3.01. The van der Waals surface area contributed by atoms with Gasteiger partial charge in [-0.1, -0.05) is 47.5 Å². The quantitative estimate of drug-likeness (QED) is 0.647. The molecule has 0 aromatic heterocycles. The third-order valence-corrected chi connectivity index (χ3v) is 4.12. The van der Waals surface area contributed by atoms with Gasteiger partial charge in [0.2, 0.25) is 0 Å². The van der Waals surface area contributed by atoms with E-state index in [-0.39, 0.29) is 0 Å². The zero-order chi connectivity index (χ0) is 13.6. The molecule has 0 aliphatic heterocycles. The SMILES string of the molecule is CC1=Cc2c(-c3cc(C)ccc3C)ccc(C)c2C1. The third-order valence-electron chi connectivity index (χ3n) is 4.12. The Hall–Kier alpha value is -1.82. The second kappa shape index (κ2) is 4.38. The van der Waals surface area contributed by atoms with Crippen molar-refractivity contribution in [3.63, 3.8) is 0 Å². The number of benzene rings is 2. The minimum absolute atomic E-state index is 1.11. The average molecular weight is 248 g/mol. The zero-order valence-corrected chi connectivity index (χ0v) is 12.2. The standard InChI is InChI=1S/C19H20/c1-12-5-6-14(3)17(9-12)16-8-7-15(4)18-10-13(2)11-19(16)18/h5-9,11H,10H2,1-4H3. The summed E-state index contributed by atoms with van der Waals surface area (Å²) in [6, 6.07) is 11.3. The van der Waals surface area contributed by atoms with Crippen molar-refractivity contribution in [3.05, 3.63) is 63.7 Å². The molecule has 0 radical (unpaired) electrons. The summed E-state index contributed by atoms with van der Waals surface area (Å²) in [7, 11) is 0. The highest BCUT2D eigenvalue weighted by atomic mass is 14.2. The summed E-state index contributed by atoms with van der Waals surface area (Å²) in [5.74, 6) is 0. The number of allylic oxidation sites excluding steroid dienone is 1. The molecule has 0 atom stereocenters. The van der Waals surface area contributed by atoms with Gasteiger partial charge in [-0.05, 0) is 67.5 Å². The average Bonchev–Trinajstić information content (AvgIpc) is 2.76. The van der Waals surface area contributed by atoms with E-state index in [4.69, 9.17) is 0 Å². The molecule has 0 spiro atoms. The van der Waals surface area contributed by atoms with Crippen molar-refractivity contribution in [2.45, 2.75) is 34.1 Å². The smallest absolute Gasteiger partial charge is 0.00577 e. The first kappa shape index (κ1) is 12.2.